The molecule has 0 radical (unpaired) electrons. The number of hydrogen-bond acceptors (Lipinski definition) is 5. The summed E-state index contributed by atoms with van der Waals surface area (Å²) in [7, 11) is 0. The molecule has 124 valence electrons. The van der Waals surface area contributed by atoms with E-state index >= 15 is 0 Å². The lowest BCUT2D eigenvalue weighted by Gasteiger charge is -2.13. The zero-order chi connectivity index (χ0) is 17.0. The van der Waals surface area contributed by atoms with Crippen LogP contribution in [-0.2, 0) is 11.0 Å². The highest BCUT2D eigenvalue weighted by Crippen LogP contribution is 2.29. The molecular formula is C14H15F3N4O2. The number of nitrogens with one attached hydrogen (secondary N) is 1. The molecule has 0 saturated carbocycles. The van der Waals surface area contributed by atoms with Gasteiger partial charge in [0.15, 0.2) is 0 Å². The highest BCUT2D eigenvalue weighted by Gasteiger charge is 2.38. The van der Waals surface area contributed by atoms with Crippen molar-refractivity contribution < 1.29 is 22.5 Å². The summed E-state index contributed by atoms with van der Waals surface area (Å²) in [6.07, 6.45) is -2.19. The molecule has 23 heavy (non-hydrogen) atoms. The minimum absolute atomic E-state index is 0.0844. The molecule has 0 aliphatic heterocycles. The lowest BCUT2D eigenvalue weighted by atomic mass is 10.1. The first-order valence-corrected chi connectivity index (χ1v) is 6.98. The number of hydrogen-bond donors (Lipinski definition) is 1. The Morgan fingerprint density at radius 1 is 1.39 bits per heavy atom. The normalized spacial score (nSPS) is 12.9. The van der Waals surface area contributed by atoms with Crippen LogP contribution in [0.4, 0.5) is 13.2 Å². The summed E-state index contributed by atoms with van der Waals surface area (Å²) >= 11 is 0. The SMILES string of the molecule is CCCC(=O)NC(C)c1ccc(-c2noc(C(F)(F)F)n2)cn1. The maximum absolute atomic E-state index is 12.4. The summed E-state index contributed by atoms with van der Waals surface area (Å²) in [4.78, 5) is 18.9. The summed E-state index contributed by atoms with van der Waals surface area (Å²) < 4.78 is 41.4. The number of rotatable bonds is 5. The highest BCUT2D eigenvalue weighted by atomic mass is 19.4. The van der Waals surface area contributed by atoms with E-state index in [-0.39, 0.29) is 17.8 Å². The second-order valence-electron chi connectivity index (χ2n) is 4.93. The Bertz CT molecular complexity index is 667. The maximum atomic E-state index is 12.4. The number of pyridine rings is 1. The van der Waals surface area contributed by atoms with Gasteiger partial charge >= 0.3 is 12.1 Å². The van der Waals surface area contributed by atoms with Crippen LogP contribution in [0, 0.1) is 0 Å². The van der Waals surface area contributed by atoms with Gasteiger partial charge in [0.2, 0.25) is 11.7 Å². The van der Waals surface area contributed by atoms with Crippen molar-refractivity contribution in [3.05, 3.63) is 29.9 Å². The molecule has 0 aliphatic rings. The summed E-state index contributed by atoms with van der Waals surface area (Å²) in [5.41, 5.74) is 0.873. The molecule has 1 N–H and O–H groups in total. The number of aromatic nitrogens is 3. The van der Waals surface area contributed by atoms with E-state index in [1.54, 1.807) is 13.0 Å². The van der Waals surface area contributed by atoms with Crippen LogP contribution in [0.2, 0.25) is 0 Å². The smallest absolute Gasteiger partial charge is 0.348 e. The van der Waals surface area contributed by atoms with Gasteiger partial charge in [-0.1, -0.05) is 12.1 Å². The summed E-state index contributed by atoms with van der Waals surface area (Å²) in [5, 5.41) is 6.06. The fourth-order valence-corrected chi connectivity index (χ4v) is 1.86. The Morgan fingerprint density at radius 3 is 2.65 bits per heavy atom. The molecule has 0 bridgehead atoms. The minimum Gasteiger partial charge on any atom is -0.348 e. The van der Waals surface area contributed by atoms with Gasteiger partial charge in [-0.2, -0.15) is 18.2 Å². The van der Waals surface area contributed by atoms with Gasteiger partial charge in [-0.15, -0.1) is 0 Å². The van der Waals surface area contributed by atoms with Crippen LogP contribution in [0.15, 0.2) is 22.9 Å². The average Bonchev–Trinajstić information content (AvgIpc) is 2.97. The Kier molecular flexibility index (Phi) is 4.97. The third-order valence-electron chi connectivity index (χ3n) is 3.01. The van der Waals surface area contributed by atoms with E-state index in [0.717, 1.165) is 6.42 Å². The Labute approximate surface area is 130 Å². The topological polar surface area (TPSA) is 80.9 Å². The fourth-order valence-electron chi connectivity index (χ4n) is 1.86. The van der Waals surface area contributed by atoms with Gasteiger partial charge in [-0.25, -0.2) is 0 Å². The van der Waals surface area contributed by atoms with Crippen LogP contribution in [0.3, 0.4) is 0 Å². The highest BCUT2D eigenvalue weighted by molar-refractivity contribution is 5.76. The van der Waals surface area contributed by atoms with E-state index in [1.165, 1.54) is 12.3 Å². The number of nitrogens with zero attached hydrogens (tertiary/aromatic N) is 3. The summed E-state index contributed by atoms with van der Waals surface area (Å²) in [5.74, 6) is -1.69. The first-order chi connectivity index (χ1) is 10.8. The first-order valence-electron chi connectivity index (χ1n) is 6.98. The lowest BCUT2D eigenvalue weighted by molar-refractivity contribution is -0.159. The number of carbonyl (C=O) groups excluding carboxylic acids is 1. The molecule has 1 unspecified atom stereocenters. The second-order valence-corrected chi connectivity index (χ2v) is 4.93. The van der Waals surface area contributed by atoms with Gasteiger partial charge in [-0.3, -0.25) is 9.78 Å². The monoisotopic (exact) mass is 328 g/mol. The van der Waals surface area contributed by atoms with Crippen molar-refractivity contribution in [2.75, 3.05) is 0 Å². The average molecular weight is 328 g/mol. The molecule has 0 fully saturated rings. The van der Waals surface area contributed by atoms with Crippen LogP contribution >= 0.6 is 0 Å². The number of amides is 1. The van der Waals surface area contributed by atoms with Gasteiger partial charge in [-0.05, 0) is 25.5 Å². The van der Waals surface area contributed by atoms with Crippen LogP contribution in [-0.4, -0.2) is 21.0 Å². The quantitative estimate of drug-likeness (QED) is 0.912. The molecule has 2 heterocycles. The van der Waals surface area contributed by atoms with Crippen LogP contribution < -0.4 is 5.32 Å². The fraction of sp³-hybridized carbons (Fsp3) is 0.429. The predicted octanol–water partition coefficient (Wildman–Crippen LogP) is 3.13. The zero-order valence-corrected chi connectivity index (χ0v) is 12.5. The van der Waals surface area contributed by atoms with E-state index in [4.69, 9.17) is 0 Å². The third kappa shape index (κ3) is 4.27. The third-order valence-corrected chi connectivity index (χ3v) is 3.01. The van der Waals surface area contributed by atoms with E-state index < -0.39 is 12.1 Å². The number of halogens is 3. The minimum atomic E-state index is -4.68. The predicted molar refractivity (Wildman–Crippen MR) is 74.0 cm³/mol. The Balaban J connectivity index is 2.10. The zero-order valence-electron chi connectivity index (χ0n) is 12.5. The molecule has 9 heteroatoms. The standard InChI is InChI=1S/C14H15F3N4O2/c1-3-4-11(22)19-8(2)10-6-5-9(7-18-10)12-20-13(23-21-12)14(15,16)17/h5-8H,3-4H2,1-2H3,(H,19,22). The molecule has 1 amide bonds. The van der Waals surface area contributed by atoms with Crippen molar-refractivity contribution in [3.63, 3.8) is 0 Å². The molecular weight excluding hydrogens is 313 g/mol. The van der Waals surface area contributed by atoms with E-state index in [1.807, 2.05) is 6.92 Å². The largest absolute Gasteiger partial charge is 0.471 e. The van der Waals surface area contributed by atoms with Gasteiger partial charge < -0.3 is 9.84 Å². The summed E-state index contributed by atoms with van der Waals surface area (Å²) in [6, 6.07) is 2.81. The molecule has 6 nitrogen and oxygen atoms in total. The van der Waals surface area contributed by atoms with Crippen molar-refractivity contribution in [1.82, 2.24) is 20.4 Å². The molecule has 1 atom stereocenters. The van der Waals surface area contributed by atoms with Crippen molar-refractivity contribution >= 4 is 5.91 Å². The van der Waals surface area contributed by atoms with Crippen LogP contribution in [0.5, 0.6) is 0 Å². The maximum Gasteiger partial charge on any atom is 0.471 e. The molecule has 2 aromatic heterocycles. The van der Waals surface area contributed by atoms with Crippen molar-refractivity contribution in [1.29, 1.82) is 0 Å². The van der Waals surface area contributed by atoms with Crippen molar-refractivity contribution in [2.24, 2.45) is 0 Å². The van der Waals surface area contributed by atoms with Crippen molar-refractivity contribution in [2.45, 2.75) is 38.9 Å². The van der Waals surface area contributed by atoms with Gasteiger partial charge in [0.25, 0.3) is 0 Å². The van der Waals surface area contributed by atoms with Crippen LogP contribution in [0.25, 0.3) is 11.4 Å². The lowest BCUT2D eigenvalue weighted by Crippen LogP contribution is -2.26. The number of alkyl halides is 3. The van der Waals surface area contributed by atoms with E-state index in [9.17, 15) is 18.0 Å². The second kappa shape index (κ2) is 6.76. The first kappa shape index (κ1) is 16.9. The Morgan fingerprint density at radius 2 is 2.13 bits per heavy atom. The molecule has 2 rings (SSSR count). The summed E-state index contributed by atoms with van der Waals surface area (Å²) in [6.45, 7) is 3.67. The molecule has 0 spiro atoms. The van der Waals surface area contributed by atoms with E-state index in [2.05, 4.69) is 25.0 Å². The van der Waals surface area contributed by atoms with Gasteiger partial charge in [0.05, 0.1) is 11.7 Å². The molecule has 0 saturated heterocycles. The number of carbonyl (C=O) groups is 1. The molecule has 2 aromatic rings. The molecule has 0 aromatic carbocycles. The van der Waals surface area contributed by atoms with Gasteiger partial charge in [0.1, 0.15) is 0 Å². The Hall–Kier alpha value is -2.45. The van der Waals surface area contributed by atoms with Crippen molar-refractivity contribution in [3.8, 4) is 11.4 Å². The molecule has 0 aliphatic carbocycles. The van der Waals surface area contributed by atoms with Gasteiger partial charge in [0, 0.05) is 18.2 Å². The van der Waals surface area contributed by atoms with E-state index in [0.29, 0.717) is 17.7 Å². The van der Waals surface area contributed by atoms with Crippen LogP contribution in [0.1, 0.15) is 44.3 Å².